The average Bonchev–Trinajstić information content (AvgIpc) is 2.39. The Kier molecular flexibility index (Phi) is 5.23. The van der Waals surface area contributed by atoms with Gasteiger partial charge in [-0.1, -0.05) is 51.5 Å². The fraction of sp³-hybridized carbons (Fsp3) is 0.765. The zero-order valence-electron chi connectivity index (χ0n) is 13.0. The van der Waals surface area contributed by atoms with Crippen LogP contribution in [0.3, 0.4) is 0 Å². The summed E-state index contributed by atoms with van der Waals surface area (Å²) >= 11 is 0. The number of nitrogens with one attached hydrogen (secondary N) is 1. The van der Waals surface area contributed by atoms with Gasteiger partial charge in [-0.25, -0.2) is 0 Å². The zero-order chi connectivity index (χ0) is 13.8. The normalized spacial score (nSPS) is 29.1. The first-order chi connectivity index (χ1) is 9.08. The highest BCUT2D eigenvalue weighted by atomic mass is 15.1. The van der Waals surface area contributed by atoms with E-state index in [1.165, 1.54) is 6.54 Å². The standard InChI is InChI=1S/C17H30N2/c1-13(2)15-6-5-9-19(11-15)12-16-7-8-18-10-17(16)14(3)4/h5-7,13-15,17-18H,8-12H2,1-4H3. The van der Waals surface area contributed by atoms with Gasteiger partial charge < -0.3 is 5.32 Å². The molecule has 0 fully saturated rings. The first kappa shape index (κ1) is 14.8. The summed E-state index contributed by atoms with van der Waals surface area (Å²) in [6.45, 7) is 15.1. The van der Waals surface area contributed by atoms with E-state index >= 15 is 0 Å². The lowest BCUT2D eigenvalue weighted by Gasteiger charge is -2.35. The molecule has 0 saturated carbocycles. The highest BCUT2D eigenvalue weighted by Gasteiger charge is 2.24. The Morgan fingerprint density at radius 1 is 1.26 bits per heavy atom. The molecule has 0 bridgehead atoms. The van der Waals surface area contributed by atoms with E-state index in [0.717, 1.165) is 49.9 Å². The monoisotopic (exact) mass is 262 g/mol. The van der Waals surface area contributed by atoms with Gasteiger partial charge in [0.25, 0.3) is 0 Å². The van der Waals surface area contributed by atoms with Crippen LogP contribution in [0.1, 0.15) is 27.7 Å². The smallest absolute Gasteiger partial charge is 0.0200 e. The average molecular weight is 262 g/mol. The van der Waals surface area contributed by atoms with E-state index in [9.17, 15) is 0 Å². The number of hydrogen-bond donors (Lipinski definition) is 1. The minimum absolute atomic E-state index is 0.720. The van der Waals surface area contributed by atoms with Gasteiger partial charge in [0.15, 0.2) is 0 Å². The first-order valence-corrected chi connectivity index (χ1v) is 7.86. The molecule has 2 atom stereocenters. The molecule has 0 radical (unpaired) electrons. The predicted molar refractivity (Wildman–Crippen MR) is 83.2 cm³/mol. The van der Waals surface area contributed by atoms with E-state index in [4.69, 9.17) is 0 Å². The van der Waals surface area contributed by atoms with E-state index in [1.807, 2.05) is 0 Å². The van der Waals surface area contributed by atoms with Crippen LogP contribution in [0.25, 0.3) is 0 Å². The van der Waals surface area contributed by atoms with Crippen LogP contribution in [-0.4, -0.2) is 37.6 Å². The van der Waals surface area contributed by atoms with Crippen molar-refractivity contribution in [2.45, 2.75) is 27.7 Å². The Labute approximate surface area is 118 Å². The van der Waals surface area contributed by atoms with E-state index in [2.05, 4.69) is 56.1 Å². The minimum Gasteiger partial charge on any atom is -0.313 e. The predicted octanol–water partition coefficient (Wildman–Crippen LogP) is 2.93. The molecule has 19 heavy (non-hydrogen) atoms. The van der Waals surface area contributed by atoms with Gasteiger partial charge in [0.2, 0.25) is 0 Å². The van der Waals surface area contributed by atoms with Crippen LogP contribution in [0.5, 0.6) is 0 Å². The highest BCUT2D eigenvalue weighted by Crippen LogP contribution is 2.25. The van der Waals surface area contributed by atoms with Crippen LogP contribution >= 0.6 is 0 Å². The fourth-order valence-corrected chi connectivity index (χ4v) is 3.21. The second-order valence-electron chi connectivity index (χ2n) is 6.82. The van der Waals surface area contributed by atoms with Gasteiger partial charge in [-0.05, 0) is 23.7 Å². The van der Waals surface area contributed by atoms with Crippen molar-refractivity contribution in [2.75, 3.05) is 32.7 Å². The molecule has 2 unspecified atom stereocenters. The maximum absolute atomic E-state index is 3.50. The lowest BCUT2D eigenvalue weighted by molar-refractivity contribution is 0.234. The Balaban J connectivity index is 1.96. The van der Waals surface area contributed by atoms with Crippen molar-refractivity contribution in [3.05, 3.63) is 23.8 Å². The maximum atomic E-state index is 3.50. The summed E-state index contributed by atoms with van der Waals surface area (Å²) in [5, 5.41) is 3.50. The van der Waals surface area contributed by atoms with Crippen molar-refractivity contribution >= 4 is 0 Å². The molecule has 0 aromatic carbocycles. The van der Waals surface area contributed by atoms with Gasteiger partial charge in [-0.3, -0.25) is 4.90 Å². The van der Waals surface area contributed by atoms with Crippen LogP contribution in [-0.2, 0) is 0 Å². The van der Waals surface area contributed by atoms with Crippen molar-refractivity contribution in [3.63, 3.8) is 0 Å². The molecule has 2 aliphatic rings. The minimum atomic E-state index is 0.720. The molecule has 2 rings (SSSR count). The molecule has 2 nitrogen and oxygen atoms in total. The molecule has 2 aliphatic heterocycles. The lowest BCUT2D eigenvalue weighted by atomic mass is 9.85. The lowest BCUT2D eigenvalue weighted by Crippen LogP contribution is -2.40. The van der Waals surface area contributed by atoms with Gasteiger partial charge in [0.1, 0.15) is 0 Å². The molecule has 2 heterocycles. The van der Waals surface area contributed by atoms with Crippen LogP contribution < -0.4 is 5.32 Å². The molecule has 0 aromatic heterocycles. The molecular weight excluding hydrogens is 232 g/mol. The largest absolute Gasteiger partial charge is 0.313 e. The van der Waals surface area contributed by atoms with Crippen molar-refractivity contribution in [1.29, 1.82) is 0 Å². The topological polar surface area (TPSA) is 15.3 Å². The molecule has 108 valence electrons. The summed E-state index contributed by atoms with van der Waals surface area (Å²) in [6.07, 6.45) is 7.20. The first-order valence-electron chi connectivity index (χ1n) is 7.86. The summed E-state index contributed by atoms with van der Waals surface area (Å²) in [4.78, 5) is 2.62. The highest BCUT2D eigenvalue weighted by molar-refractivity contribution is 5.15. The Morgan fingerprint density at radius 2 is 2.05 bits per heavy atom. The number of hydrogen-bond acceptors (Lipinski definition) is 2. The summed E-state index contributed by atoms with van der Waals surface area (Å²) in [5.74, 6) is 2.94. The van der Waals surface area contributed by atoms with E-state index < -0.39 is 0 Å². The fourth-order valence-electron chi connectivity index (χ4n) is 3.21. The van der Waals surface area contributed by atoms with Crippen molar-refractivity contribution in [1.82, 2.24) is 10.2 Å². The van der Waals surface area contributed by atoms with Crippen molar-refractivity contribution in [2.24, 2.45) is 23.7 Å². The van der Waals surface area contributed by atoms with Gasteiger partial charge >= 0.3 is 0 Å². The van der Waals surface area contributed by atoms with Crippen LogP contribution in [0.4, 0.5) is 0 Å². The molecule has 0 aliphatic carbocycles. The summed E-state index contributed by atoms with van der Waals surface area (Å²) < 4.78 is 0. The Morgan fingerprint density at radius 3 is 2.74 bits per heavy atom. The second kappa shape index (κ2) is 6.71. The van der Waals surface area contributed by atoms with Crippen molar-refractivity contribution in [3.8, 4) is 0 Å². The molecular formula is C17H30N2. The Hall–Kier alpha value is -0.600. The number of rotatable bonds is 4. The van der Waals surface area contributed by atoms with Gasteiger partial charge in [0, 0.05) is 32.7 Å². The number of nitrogens with zero attached hydrogens (tertiary/aromatic N) is 1. The Bertz CT molecular complexity index is 341. The SMILES string of the molecule is CC(C)C1C=CCN(CC2=CCNCC2C(C)C)C1. The van der Waals surface area contributed by atoms with E-state index in [0.29, 0.717) is 0 Å². The van der Waals surface area contributed by atoms with Gasteiger partial charge in [-0.2, -0.15) is 0 Å². The van der Waals surface area contributed by atoms with E-state index in [1.54, 1.807) is 5.57 Å². The van der Waals surface area contributed by atoms with Gasteiger partial charge in [0.05, 0.1) is 0 Å². The maximum Gasteiger partial charge on any atom is 0.0200 e. The summed E-state index contributed by atoms with van der Waals surface area (Å²) in [6, 6.07) is 0. The second-order valence-corrected chi connectivity index (χ2v) is 6.82. The third kappa shape index (κ3) is 3.93. The molecule has 1 N–H and O–H groups in total. The van der Waals surface area contributed by atoms with Crippen LogP contribution in [0.15, 0.2) is 23.8 Å². The van der Waals surface area contributed by atoms with Gasteiger partial charge in [-0.15, -0.1) is 0 Å². The van der Waals surface area contributed by atoms with E-state index in [-0.39, 0.29) is 0 Å². The summed E-state index contributed by atoms with van der Waals surface area (Å²) in [7, 11) is 0. The molecule has 0 aromatic rings. The molecule has 0 spiro atoms. The third-order valence-corrected chi connectivity index (χ3v) is 4.63. The quantitative estimate of drug-likeness (QED) is 0.784. The van der Waals surface area contributed by atoms with Crippen LogP contribution in [0.2, 0.25) is 0 Å². The van der Waals surface area contributed by atoms with Crippen LogP contribution in [0, 0.1) is 23.7 Å². The zero-order valence-corrected chi connectivity index (χ0v) is 13.0. The summed E-state index contributed by atoms with van der Waals surface area (Å²) in [5.41, 5.74) is 1.66. The molecule has 2 heteroatoms. The molecule has 0 saturated heterocycles. The van der Waals surface area contributed by atoms with Crippen molar-refractivity contribution < 1.29 is 0 Å². The molecule has 0 amide bonds. The third-order valence-electron chi connectivity index (χ3n) is 4.63.